The van der Waals surface area contributed by atoms with Gasteiger partial charge in [0.2, 0.25) is 10.0 Å². The third-order valence-corrected chi connectivity index (χ3v) is 10.3. The fourth-order valence-corrected chi connectivity index (χ4v) is 7.29. The molecule has 3 heterocycles. The van der Waals surface area contributed by atoms with Crippen molar-refractivity contribution in [3.05, 3.63) is 29.8 Å². The summed E-state index contributed by atoms with van der Waals surface area (Å²) in [6.07, 6.45) is 6.00. The molecule has 9 nitrogen and oxygen atoms in total. The van der Waals surface area contributed by atoms with E-state index in [4.69, 9.17) is 9.47 Å². The van der Waals surface area contributed by atoms with Crippen molar-refractivity contribution in [2.24, 2.45) is 0 Å². The highest BCUT2D eigenvalue weighted by Crippen LogP contribution is 2.39. The predicted octanol–water partition coefficient (Wildman–Crippen LogP) is 4.41. The molecular weight excluding hydrogens is 526 g/mol. The molecule has 1 aliphatic carbocycles. The number of likely N-dealkylation sites (tertiary alicyclic amines) is 1. The van der Waals surface area contributed by atoms with E-state index in [0.717, 1.165) is 47.0 Å². The van der Waals surface area contributed by atoms with Crippen molar-refractivity contribution in [2.45, 2.75) is 76.6 Å². The molecule has 3 aliphatic rings. The molecule has 1 N–H and O–H groups in total. The molecule has 0 atom stereocenters. The Hall–Kier alpha value is -2.21. The molecule has 2 fully saturated rings. The lowest BCUT2D eigenvalue weighted by Crippen LogP contribution is -2.43. The van der Waals surface area contributed by atoms with Gasteiger partial charge in [-0.1, -0.05) is 23.5 Å². The van der Waals surface area contributed by atoms with Gasteiger partial charge in [0.15, 0.2) is 0 Å². The smallest absolute Gasteiger partial charge is 0.410 e. The lowest BCUT2D eigenvalue weighted by molar-refractivity contribution is 0.0387. The number of carbonyl (C=O) groups excluding carboxylic acids is 1. The Morgan fingerprint density at radius 1 is 1.24 bits per heavy atom. The molecule has 1 aromatic carbocycles. The van der Waals surface area contributed by atoms with Crippen LogP contribution in [0.4, 0.5) is 4.79 Å². The number of amides is 1. The Morgan fingerprint density at radius 3 is 2.61 bits per heavy atom. The van der Waals surface area contributed by atoms with Crippen LogP contribution in [-0.2, 0) is 14.8 Å². The number of aromatic nitrogens is 1. The summed E-state index contributed by atoms with van der Waals surface area (Å²) in [5.74, 6) is -0.0577. The number of hydrogen-bond donors (Lipinski definition) is 1. The van der Waals surface area contributed by atoms with Gasteiger partial charge >= 0.3 is 6.09 Å². The Kier molecular flexibility index (Phi) is 7.49. The molecule has 11 heteroatoms. The molecule has 0 unspecified atom stereocenters. The van der Waals surface area contributed by atoms with Crippen LogP contribution in [0.3, 0.4) is 0 Å². The van der Waals surface area contributed by atoms with Crippen molar-refractivity contribution in [3.8, 4) is 5.19 Å². The first-order valence-corrected chi connectivity index (χ1v) is 15.8. The summed E-state index contributed by atoms with van der Waals surface area (Å²) in [7, 11) is -3.41. The molecule has 0 radical (unpaired) electrons. The fourth-order valence-electron chi connectivity index (χ4n) is 4.68. The second-order valence-corrected chi connectivity index (χ2v) is 14.6. The number of sulfonamides is 1. The first-order chi connectivity index (χ1) is 17.9. The zero-order chi connectivity index (χ0) is 27.1. The first kappa shape index (κ1) is 27.4. The zero-order valence-corrected chi connectivity index (χ0v) is 23.9. The Bertz CT molecular complexity index is 1320. The topological polar surface area (TPSA) is 109 Å². The predicted molar refractivity (Wildman–Crippen MR) is 148 cm³/mol. The third kappa shape index (κ3) is 6.67. The molecule has 5 rings (SSSR count). The average molecular weight is 564 g/mol. The highest BCUT2D eigenvalue weighted by molar-refractivity contribution is 7.89. The number of ether oxygens (including phenoxy) is 2. The number of benzene rings is 1. The van der Waals surface area contributed by atoms with E-state index in [9.17, 15) is 18.3 Å². The summed E-state index contributed by atoms with van der Waals surface area (Å²) in [6.45, 7) is 7.23. The SMILES string of the molecule is CC(C)(O)CCS(=O)(=O)N1CC=C(c2ccc3nc(OC4CCN(C(=O)OC5(C)CC5)CC4)sc3c2)CC1. The molecule has 1 saturated carbocycles. The van der Waals surface area contributed by atoms with Crippen molar-refractivity contribution in [3.63, 3.8) is 0 Å². The van der Waals surface area contributed by atoms with Crippen molar-refractivity contribution >= 4 is 43.2 Å². The number of fused-ring (bicyclic) bond motifs is 1. The molecule has 2 aliphatic heterocycles. The minimum Gasteiger partial charge on any atom is -0.467 e. The zero-order valence-electron chi connectivity index (χ0n) is 22.3. The van der Waals surface area contributed by atoms with Gasteiger partial charge in [-0.05, 0) is 69.7 Å². The summed E-state index contributed by atoms with van der Waals surface area (Å²) in [6, 6.07) is 6.11. The number of piperidine rings is 1. The van der Waals surface area contributed by atoms with E-state index < -0.39 is 15.6 Å². The van der Waals surface area contributed by atoms with Gasteiger partial charge in [-0.3, -0.25) is 0 Å². The van der Waals surface area contributed by atoms with E-state index in [2.05, 4.69) is 11.1 Å². The Balaban J connectivity index is 1.16. The van der Waals surface area contributed by atoms with Crippen LogP contribution < -0.4 is 4.74 Å². The van der Waals surface area contributed by atoms with Crippen LogP contribution in [0.25, 0.3) is 15.8 Å². The molecule has 2 aromatic rings. The van der Waals surface area contributed by atoms with Crippen molar-refractivity contribution in [2.75, 3.05) is 31.9 Å². The maximum Gasteiger partial charge on any atom is 0.410 e. The Labute approximate surface area is 228 Å². The standard InChI is InChI=1S/C27H37N3O6S2/c1-26(2,32)12-17-38(33,34)30-15-6-19(7-16-30)20-4-5-22-23(18-20)37-24(28-22)35-21-8-13-29(14-9-21)25(31)36-27(3)10-11-27/h4-6,18,21,32H,7-17H2,1-3H3. The summed E-state index contributed by atoms with van der Waals surface area (Å²) in [5, 5.41) is 10.5. The highest BCUT2D eigenvalue weighted by atomic mass is 32.2. The van der Waals surface area contributed by atoms with Crippen molar-refractivity contribution in [1.29, 1.82) is 0 Å². The summed E-state index contributed by atoms with van der Waals surface area (Å²) >= 11 is 1.51. The van der Waals surface area contributed by atoms with E-state index in [-0.39, 0.29) is 30.0 Å². The van der Waals surface area contributed by atoms with Gasteiger partial charge < -0.3 is 19.5 Å². The van der Waals surface area contributed by atoms with Crippen LogP contribution in [0.2, 0.25) is 0 Å². The number of nitrogens with zero attached hydrogens (tertiary/aromatic N) is 3. The molecule has 208 valence electrons. The van der Waals surface area contributed by atoms with Crippen LogP contribution in [0.5, 0.6) is 5.19 Å². The van der Waals surface area contributed by atoms with E-state index in [1.165, 1.54) is 15.6 Å². The van der Waals surface area contributed by atoms with Gasteiger partial charge in [0, 0.05) is 39.0 Å². The monoisotopic (exact) mass is 563 g/mol. The molecule has 0 spiro atoms. The van der Waals surface area contributed by atoms with Gasteiger partial charge in [0.05, 0.1) is 21.6 Å². The highest BCUT2D eigenvalue weighted by Gasteiger charge is 2.43. The summed E-state index contributed by atoms with van der Waals surface area (Å²) < 4.78 is 39.6. The molecule has 1 aromatic heterocycles. The van der Waals surface area contributed by atoms with Crippen LogP contribution in [0.15, 0.2) is 24.3 Å². The number of aliphatic hydroxyl groups is 1. The number of carbonyl (C=O) groups is 1. The summed E-state index contributed by atoms with van der Waals surface area (Å²) in [4.78, 5) is 18.8. The fraction of sp³-hybridized carbons (Fsp3) is 0.630. The molecule has 0 bridgehead atoms. The third-order valence-electron chi connectivity index (χ3n) is 7.53. The quantitative estimate of drug-likeness (QED) is 0.507. The van der Waals surface area contributed by atoms with Crippen LogP contribution >= 0.6 is 11.3 Å². The van der Waals surface area contributed by atoms with Gasteiger partial charge in [-0.2, -0.15) is 4.31 Å². The first-order valence-electron chi connectivity index (χ1n) is 13.3. The van der Waals surface area contributed by atoms with Gasteiger partial charge in [-0.25, -0.2) is 18.2 Å². The lowest BCUT2D eigenvalue weighted by atomic mass is 10.0. The van der Waals surface area contributed by atoms with E-state index in [1.807, 2.05) is 25.1 Å². The van der Waals surface area contributed by atoms with Gasteiger partial charge in [-0.15, -0.1) is 0 Å². The molecule has 38 heavy (non-hydrogen) atoms. The second-order valence-electron chi connectivity index (χ2n) is 11.5. The van der Waals surface area contributed by atoms with Crippen molar-refractivity contribution in [1.82, 2.24) is 14.2 Å². The minimum absolute atomic E-state index is 0.0148. The maximum atomic E-state index is 12.7. The van der Waals surface area contributed by atoms with Gasteiger partial charge in [0.25, 0.3) is 5.19 Å². The largest absolute Gasteiger partial charge is 0.467 e. The summed E-state index contributed by atoms with van der Waals surface area (Å²) in [5.41, 5.74) is 1.80. The van der Waals surface area contributed by atoms with Gasteiger partial charge in [0.1, 0.15) is 11.7 Å². The lowest BCUT2D eigenvalue weighted by Gasteiger charge is -2.31. The molecule has 1 saturated heterocycles. The van der Waals surface area contributed by atoms with E-state index in [0.29, 0.717) is 37.8 Å². The minimum atomic E-state index is -3.41. The maximum absolute atomic E-state index is 12.7. The van der Waals surface area contributed by atoms with Crippen LogP contribution in [0.1, 0.15) is 64.9 Å². The number of hydrogen-bond acceptors (Lipinski definition) is 8. The normalized spacial score (nSPS) is 20.8. The van der Waals surface area contributed by atoms with E-state index in [1.54, 1.807) is 18.7 Å². The Morgan fingerprint density at radius 2 is 1.97 bits per heavy atom. The average Bonchev–Trinajstić information content (AvgIpc) is 3.45. The van der Waals surface area contributed by atoms with E-state index >= 15 is 0 Å². The molecular formula is C27H37N3O6S2. The van der Waals surface area contributed by atoms with Crippen molar-refractivity contribution < 1.29 is 27.8 Å². The molecule has 1 amide bonds. The van der Waals surface area contributed by atoms with Crippen LogP contribution in [-0.4, -0.2) is 83.0 Å². The number of rotatable bonds is 8. The second kappa shape index (κ2) is 10.4. The number of thiazole rings is 1. The van der Waals surface area contributed by atoms with Crippen LogP contribution in [0, 0.1) is 0 Å².